The van der Waals surface area contributed by atoms with Gasteiger partial charge in [0.1, 0.15) is 4.60 Å². The summed E-state index contributed by atoms with van der Waals surface area (Å²) in [7, 11) is 0. The van der Waals surface area contributed by atoms with Crippen LogP contribution in [0.25, 0.3) is 0 Å². The second kappa shape index (κ2) is 4.76. The summed E-state index contributed by atoms with van der Waals surface area (Å²) >= 11 is 4.53. The molecule has 0 radical (unpaired) electrons. The third-order valence-electron chi connectivity index (χ3n) is 1.06. The molecule has 4 nitrogen and oxygen atoms in total. The van der Waals surface area contributed by atoms with Gasteiger partial charge in [-0.25, -0.2) is 0 Å². The highest BCUT2D eigenvalue weighted by Gasteiger charge is 2.01. The van der Waals surface area contributed by atoms with Crippen LogP contribution in [0.4, 0.5) is 0 Å². The number of aliphatic hydroxyl groups is 2. The molecule has 0 fully saturated rings. The van der Waals surface area contributed by atoms with Gasteiger partial charge in [0.25, 0.3) is 5.19 Å². The number of thiazole rings is 1. The van der Waals surface area contributed by atoms with Crippen molar-refractivity contribution in [2.45, 2.75) is 12.7 Å². The predicted octanol–water partition coefficient (Wildman–Crippen LogP) is 0.985. The smallest absolute Gasteiger partial charge is 0.274 e. The number of halogens is 1. The molecule has 0 aliphatic rings. The third-order valence-corrected chi connectivity index (χ3v) is 2.52. The molecule has 0 bridgehead atoms. The highest BCUT2D eigenvalue weighted by Crippen LogP contribution is 2.21. The fourth-order valence-corrected chi connectivity index (χ4v) is 1.67. The molecule has 0 unspecified atom stereocenters. The molecule has 0 aromatic carbocycles. The molecule has 1 aromatic rings. The van der Waals surface area contributed by atoms with Crippen molar-refractivity contribution in [1.29, 1.82) is 0 Å². The Labute approximate surface area is 82.0 Å². The lowest BCUT2D eigenvalue weighted by Gasteiger charge is -2.02. The number of nitrogens with zero attached hydrogens (tertiary/aromatic N) is 1. The number of hydrogen-bond acceptors (Lipinski definition) is 5. The number of hydrogen-bond donors (Lipinski definition) is 2. The molecule has 1 heterocycles. The van der Waals surface area contributed by atoms with E-state index in [2.05, 4.69) is 20.9 Å². The van der Waals surface area contributed by atoms with Gasteiger partial charge in [-0.2, -0.15) is 4.98 Å². The second-order valence-electron chi connectivity index (χ2n) is 2.05. The lowest BCUT2D eigenvalue weighted by atomic mass is 10.4. The van der Waals surface area contributed by atoms with Gasteiger partial charge in [0, 0.05) is 11.8 Å². The van der Waals surface area contributed by atoms with Gasteiger partial charge in [-0.05, 0) is 15.9 Å². The minimum Gasteiger partial charge on any atom is -0.470 e. The molecule has 0 aliphatic heterocycles. The summed E-state index contributed by atoms with van der Waals surface area (Å²) in [5, 5.41) is 19.3. The largest absolute Gasteiger partial charge is 0.470 e. The Kier molecular flexibility index (Phi) is 3.93. The Bertz CT molecular complexity index is 240. The maximum Gasteiger partial charge on any atom is 0.274 e. The van der Waals surface area contributed by atoms with Crippen LogP contribution in [-0.4, -0.2) is 28.1 Å². The van der Waals surface area contributed by atoms with Gasteiger partial charge in [0.2, 0.25) is 0 Å². The van der Waals surface area contributed by atoms with Gasteiger partial charge in [0.15, 0.2) is 6.29 Å². The first kappa shape index (κ1) is 9.91. The zero-order chi connectivity index (χ0) is 8.97. The van der Waals surface area contributed by atoms with E-state index in [0.29, 0.717) is 5.19 Å². The maximum absolute atomic E-state index is 8.48. The maximum atomic E-state index is 8.48. The highest BCUT2D eigenvalue weighted by molar-refractivity contribution is 9.10. The number of rotatable bonds is 4. The molecular weight excluding hydrogens is 246 g/mol. The van der Waals surface area contributed by atoms with E-state index in [1.54, 1.807) is 5.38 Å². The first-order chi connectivity index (χ1) is 5.68. The van der Waals surface area contributed by atoms with Gasteiger partial charge in [-0.3, -0.25) is 0 Å². The molecule has 0 amide bonds. The van der Waals surface area contributed by atoms with Crippen molar-refractivity contribution in [3.8, 4) is 5.19 Å². The minimum atomic E-state index is -1.31. The van der Waals surface area contributed by atoms with E-state index in [4.69, 9.17) is 14.9 Å². The average Bonchev–Trinajstić information content (AvgIpc) is 2.35. The molecule has 6 heteroatoms. The quantitative estimate of drug-likeness (QED) is 0.786. The summed E-state index contributed by atoms with van der Waals surface area (Å²) in [5.74, 6) is 0. The van der Waals surface area contributed by atoms with E-state index in [1.807, 2.05) is 0 Å². The van der Waals surface area contributed by atoms with E-state index in [9.17, 15) is 0 Å². The Morgan fingerprint density at radius 1 is 1.67 bits per heavy atom. The van der Waals surface area contributed by atoms with E-state index < -0.39 is 6.29 Å². The zero-order valence-electron chi connectivity index (χ0n) is 6.11. The van der Waals surface area contributed by atoms with Gasteiger partial charge in [0.05, 0.1) is 6.61 Å². The number of aliphatic hydroxyl groups excluding tert-OH is 1. The first-order valence-electron chi connectivity index (χ1n) is 3.28. The van der Waals surface area contributed by atoms with E-state index in [-0.39, 0.29) is 13.0 Å². The first-order valence-corrected chi connectivity index (χ1v) is 4.95. The van der Waals surface area contributed by atoms with Crippen molar-refractivity contribution in [3.63, 3.8) is 0 Å². The molecule has 12 heavy (non-hydrogen) atoms. The van der Waals surface area contributed by atoms with Gasteiger partial charge in [-0.1, -0.05) is 11.3 Å². The van der Waals surface area contributed by atoms with Crippen LogP contribution >= 0.6 is 27.3 Å². The van der Waals surface area contributed by atoms with Crippen LogP contribution in [0.1, 0.15) is 6.42 Å². The van der Waals surface area contributed by atoms with Gasteiger partial charge in [-0.15, -0.1) is 0 Å². The minimum absolute atomic E-state index is 0.192. The van der Waals surface area contributed by atoms with E-state index >= 15 is 0 Å². The Hall–Kier alpha value is -0.170. The Morgan fingerprint density at radius 3 is 2.92 bits per heavy atom. The zero-order valence-corrected chi connectivity index (χ0v) is 8.51. The lowest BCUT2D eigenvalue weighted by molar-refractivity contribution is -0.0519. The van der Waals surface area contributed by atoms with Crippen LogP contribution in [0.15, 0.2) is 9.98 Å². The normalized spacial score (nSPS) is 10.7. The molecule has 0 atom stereocenters. The fourth-order valence-electron chi connectivity index (χ4n) is 0.557. The van der Waals surface area contributed by atoms with Crippen LogP contribution < -0.4 is 4.74 Å². The van der Waals surface area contributed by atoms with Crippen molar-refractivity contribution >= 4 is 27.3 Å². The van der Waals surface area contributed by atoms with Crippen molar-refractivity contribution in [2.75, 3.05) is 6.61 Å². The lowest BCUT2D eigenvalue weighted by Crippen LogP contribution is -2.10. The SMILES string of the molecule is OC(O)CCOc1nc(Br)cs1. The number of ether oxygens (including phenoxy) is 1. The van der Waals surface area contributed by atoms with Crippen LogP contribution in [-0.2, 0) is 0 Å². The molecular formula is C6H8BrNO3S. The topological polar surface area (TPSA) is 62.6 Å². The average molecular weight is 254 g/mol. The summed E-state index contributed by atoms with van der Waals surface area (Å²) in [5.41, 5.74) is 0. The second-order valence-corrected chi connectivity index (χ2v) is 3.69. The molecule has 0 saturated heterocycles. The van der Waals surface area contributed by atoms with Crippen LogP contribution in [0.5, 0.6) is 5.19 Å². The van der Waals surface area contributed by atoms with Crippen molar-refractivity contribution < 1.29 is 14.9 Å². The number of aromatic nitrogens is 1. The monoisotopic (exact) mass is 253 g/mol. The van der Waals surface area contributed by atoms with E-state index in [1.165, 1.54) is 11.3 Å². The molecule has 2 N–H and O–H groups in total. The summed E-state index contributed by atoms with van der Waals surface area (Å²) in [4.78, 5) is 3.96. The van der Waals surface area contributed by atoms with Gasteiger partial charge >= 0.3 is 0 Å². The highest BCUT2D eigenvalue weighted by atomic mass is 79.9. The van der Waals surface area contributed by atoms with Crippen LogP contribution in [0.2, 0.25) is 0 Å². The third kappa shape index (κ3) is 3.48. The predicted molar refractivity (Wildman–Crippen MR) is 48.2 cm³/mol. The van der Waals surface area contributed by atoms with Gasteiger partial charge < -0.3 is 14.9 Å². The fraction of sp³-hybridized carbons (Fsp3) is 0.500. The standard InChI is InChI=1S/C6H8BrNO3S/c7-4-3-12-6(8-4)11-2-1-5(9)10/h3,5,9-10H,1-2H2. The Balaban J connectivity index is 2.24. The molecule has 0 spiro atoms. The molecule has 68 valence electrons. The molecule has 0 saturated carbocycles. The summed E-state index contributed by atoms with van der Waals surface area (Å²) in [6.07, 6.45) is -1.12. The summed E-state index contributed by atoms with van der Waals surface area (Å²) < 4.78 is 5.82. The van der Waals surface area contributed by atoms with Crippen LogP contribution in [0, 0.1) is 0 Å². The summed E-state index contributed by atoms with van der Waals surface area (Å²) in [6.45, 7) is 0.262. The summed E-state index contributed by atoms with van der Waals surface area (Å²) in [6, 6.07) is 0. The molecule has 0 aliphatic carbocycles. The molecule has 1 aromatic heterocycles. The van der Waals surface area contributed by atoms with Crippen molar-refractivity contribution in [2.24, 2.45) is 0 Å². The van der Waals surface area contributed by atoms with E-state index in [0.717, 1.165) is 4.60 Å². The van der Waals surface area contributed by atoms with Crippen molar-refractivity contribution in [3.05, 3.63) is 9.98 Å². The van der Waals surface area contributed by atoms with Crippen LogP contribution in [0.3, 0.4) is 0 Å². The Morgan fingerprint density at radius 2 is 2.42 bits per heavy atom. The molecule has 1 rings (SSSR count). The van der Waals surface area contributed by atoms with Crippen molar-refractivity contribution in [1.82, 2.24) is 4.98 Å².